The number of carbonyl (C=O) groups is 2. The molecule has 0 aliphatic carbocycles. The lowest BCUT2D eigenvalue weighted by Gasteiger charge is -2.08. The van der Waals surface area contributed by atoms with Crippen molar-refractivity contribution in [3.63, 3.8) is 0 Å². The zero-order chi connectivity index (χ0) is 21.8. The maximum absolute atomic E-state index is 12.8. The quantitative estimate of drug-likeness (QED) is 0.513. The molecule has 2 aromatic heterocycles. The van der Waals surface area contributed by atoms with Crippen LogP contribution in [0.25, 0.3) is 10.2 Å². The van der Waals surface area contributed by atoms with Crippen LogP contribution in [-0.2, 0) is 13.0 Å². The van der Waals surface area contributed by atoms with E-state index in [2.05, 4.69) is 9.98 Å². The van der Waals surface area contributed by atoms with Gasteiger partial charge in [0.1, 0.15) is 11.3 Å². The zero-order valence-electron chi connectivity index (χ0n) is 17.4. The maximum atomic E-state index is 12.8. The van der Waals surface area contributed by atoms with Gasteiger partial charge in [0.25, 0.3) is 0 Å². The number of aromatic nitrogens is 2. The van der Waals surface area contributed by atoms with Crippen LogP contribution in [0.3, 0.4) is 0 Å². The normalized spacial score (nSPS) is 11.8. The van der Waals surface area contributed by atoms with Crippen molar-refractivity contribution < 1.29 is 18.7 Å². The zero-order valence-corrected chi connectivity index (χ0v) is 19.0. The number of aryl methyl sites for hydroxylation is 2. The van der Waals surface area contributed by atoms with Crippen molar-refractivity contribution in [3.05, 3.63) is 52.0 Å². The number of nitrogens with two attached hydrogens (primary N) is 2. The molecule has 9 nitrogen and oxygen atoms in total. The highest BCUT2D eigenvalue weighted by molar-refractivity contribution is 7.16. The molecule has 3 rings (SSSR count). The fourth-order valence-electron chi connectivity index (χ4n) is 3.02. The van der Waals surface area contributed by atoms with Gasteiger partial charge in [-0.05, 0) is 18.6 Å². The summed E-state index contributed by atoms with van der Waals surface area (Å²) in [5.41, 5.74) is 12.6. The van der Waals surface area contributed by atoms with Crippen LogP contribution in [-0.4, -0.2) is 35.0 Å². The van der Waals surface area contributed by atoms with Crippen LogP contribution in [0.5, 0.6) is 5.75 Å². The maximum Gasteiger partial charge on any atom is 0.317 e. The van der Waals surface area contributed by atoms with Crippen LogP contribution >= 0.6 is 23.7 Å². The molecule has 0 saturated heterocycles. The first kappa shape index (κ1) is 24.3. The number of allylic oxidation sites excluding steroid dienone is 1. The molecule has 4 N–H and O–H groups in total. The molecule has 0 saturated carbocycles. The van der Waals surface area contributed by atoms with Crippen molar-refractivity contribution in [2.24, 2.45) is 16.5 Å². The number of oxazole rings is 1. The molecule has 11 heteroatoms. The van der Waals surface area contributed by atoms with E-state index in [4.69, 9.17) is 20.6 Å². The number of rotatable bonds is 7. The lowest BCUT2D eigenvalue weighted by molar-refractivity contribution is 0.0967. The molecule has 31 heavy (non-hydrogen) atoms. The van der Waals surface area contributed by atoms with E-state index in [1.165, 1.54) is 18.4 Å². The molecule has 2 amide bonds. The summed E-state index contributed by atoms with van der Waals surface area (Å²) in [5.74, 6) is -0.103. The van der Waals surface area contributed by atoms with Gasteiger partial charge in [0.2, 0.25) is 11.7 Å². The largest absolute Gasteiger partial charge is 0.494 e. The van der Waals surface area contributed by atoms with Gasteiger partial charge in [0.15, 0.2) is 10.7 Å². The number of carbonyl (C=O) groups excluding carboxylic acids is 2. The van der Waals surface area contributed by atoms with Gasteiger partial charge in [-0.3, -0.25) is 9.59 Å². The molecule has 166 valence electrons. The van der Waals surface area contributed by atoms with Crippen molar-refractivity contribution in [2.45, 2.75) is 26.8 Å². The van der Waals surface area contributed by atoms with Crippen LogP contribution in [0.1, 0.15) is 39.4 Å². The minimum absolute atomic E-state index is 0. The summed E-state index contributed by atoms with van der Waals surface area (Å²) >= 11 is 1.25. The molecule has 0 atom stereocenters. The summed E-state index contributed by atoms with van der Waals surface area (Å²) in [4.78, 5) is 33.5. The molecule has 0 unspecified atom stereocenters. The summed E-state index contributed by atoms with van der Waals surface area (Å²) < 4.78 is 13.5. The highest BCUT2D eigenvalue weighted by Crippen LogP contribution is 2.29. The van der Waals surface area contributed by atoms with Gasteiger partial charge in [-0.25, -0.2) is 4.98 Å². The van der Waals surface area contributed by atoms with Gasteiger partial charge in [-0.15, -0.1) is 12.4 Å². The predicted molar refractivity (Wildman–Crippen MR) is 121 cm³/mol. The molecular formula is C20H24ClN5O4S. The average Bonchev–Trinajstić information content (AvgIpc) is 3.27. The predicted octanol–water partition coefficient (Wildman–Crippen LogP) is 2.35. The van der Waals surface area contributed by atoms with Crippen LogP contribution in [0, 0.1) is 6.92 Å². The Kier molecular flexibility index (Phi) is 8.14. The Balaban J connectivity index is 0.00000341. The summed E-state index contributed by atoms with van der Waals surface area (Å²) in [6, 6.07) is 3.23. The lowest BCUT2D eigenvalue weighted by atomic mass is 10.2. The molecule has 0 aliphatic heterocycles. The van der Waals surface area contributed by atoms with Crippen molar-refractivity contribution in [2.75, 3.05) is 13.7 Å². The average molecular weight is 466 g/mol. The Morgan fingerprint density at radius 3 is 2.71 bits per heavy atom. The number of fused-ring (bicyclic) bond motifs is 1. The first-order chi connectivity index (χ1) is 14.4. The summed E-state index contributed by atoms with van der Waals surface area (Å²) in [6.45, 7) is 4.37. The minimum Gasteiger partial charge on any atom is -0.494 e. The summed E-state index contributed by atoms with van der Waals surface area (Å²) in [7, 11) is 1.50. The van der Waals surface area contributed by atoms with Gasteiger partial charge < -0.3 is 25.2 Å². The molecular weight excluding hydrogens is 442 g/mol. The Labute approximate surface area is 188 Å². The number of hydrogen-bond acceptors (Lipinski definition) is 7. The number of benzene rings is 1. The molecule has 0 aliphatic rings. The highest BCUT2D eigenvalue weighted by Gasteiger charge is 2.19. The fourth-order valence-corrected chi connectivity index (χ4v) is 4.11. The Bertz CT molecular complexity index is 1210. The molecule has 0 radical (unpaired) electrons. The lowest BCUT2D eigenvalue weighted by Crippen LogP contribution is -2.17. The molecule has 0 spiro atoms. The van der Waals surface area contributed by atoms with Crippen molar-refractivity contribution in [1.82, 2.24) is 9.55 Å². The van der Waals surface area contributed by atoms with Crippen LogP contribution in [0.4, 0.5) is 0 Å². The van der Waals surface area contributed by atoms with Gasteiger partial charge in [-0.2, -0.15) is 4.99 Å². The van der Waals surface area contributed by atoms with E-state index in [1.807, 2.05) is 17.6 Å². The van der Waals surface area contributed by atoms with Gasteiger partial charge in [-0.1, -0.05) is 30.4 Å². The molecule has 2 heterocycles. The number of methoxy groups -OCH3 is 1. The second-order valence-electron chi connectivity index (χ2n) is 6.37. The minimum atomic E-state index is -0.572. The van der Waals surface area contributed by atoms with E-state index in [0.717, 1.165) is 0 Å². The molecule has 0 fully saturated rings. The molecule has 1 aromatic carbocycles. The van der Waals surface area contributed by atoms with E-state index in [1.54, 1.807) is 25.1 Å². The van der Waals surface area contributed by atoms with E-state index < -0.39 is 11.8 Å². The van der Waals surface area contributed by atoms with E-state index in [9.17, 15) is 9.59 Å². The Hall–Kier alpha value is -2.95. The number of amides is 2. The SMILES string of the molecule is CCc1nc(C)oc1C(=O)N=c1sc2cc(C(N)=O)cc(OC)c2n1C/C=C/CN.Cl. The van der Waals surface area contributed by atoms with Crippen LogP contribution < -0.4 is 21.0 Å². The number of hydrogen-bond donors (Lipinski definition) is 2. The van der Waals surface area contributed by atoms with Gasteiger partial charge >= 0.3 is 5.91 Å². The second kappa shape index (κ2) is 10.4. The van der Waals surface area contributed by atoms with Crippen molar-refractivity contribution in [3.8, 4) is 5.75 Å². The number of ether oxygens (including phenoxy) is 1. The monoisotopic (exact) mass is 465 g/mol. The van der Waals surface area contributed by atoms with Gasteiger partial charge in [0, 0.05) is 25.6 Å². The van der Waals surface area contributed by atoms with E-state index in [-0.39, 0.29) is 18.2 Å². The Morgan fingerprint density at radius 2 is 2.10 bits per heavy atom. The third kappa shape index (κ3) is 5.04. The number of halogens is 1. The summed E-state index contributed by atoms with van der Waals surface area (Å²) in [5, 5.41) is 0. The summed E-state index contributed by atoms with van der Waals surface area (Å²) in [6.07, 6.45) is 4.23. The number of nitrogens with zero attached hydrogens (tertiary/aromatic N) is 3. The molecule has 0 bridgehead atoms. The standard InChI is InChI=1S/C20H23N5O4S.ClH/c1-4-13-17(29-11(2)23-13)19(27)24-20-25(8-6-5-7-21)16-14(28-3)9-12(18(22)26)10-15(16)30-20;/h5-6,9-10H,4,7-8,21H2,1-3H3,(H2,22,26);1H/b6-5+,24-20?;. The third-order valence-electron chi connectivity index (χ3n) is 4.37. The van der Waals surface area contributed by atoms with E-state index >= 15 is 0 Å². The molecule has 3 aromatic rings. The van der Waals surface area contributed by atoms with Crippen LogP contribution in [0.15, 0.2) is 33.7 Å². The van der Waals surface area contributed by atoms with Crippen LogP contribution in [0.2, 0.25) is 0 Å². The number of primary amides is 1. The highest BCUT2D eigenvalue weighted by atomic mass is 35.5. The topological polar surface area (TPSA) is 139 Å². The third-order valence-corrected chi connectivity index (χ3v) is 5.39. The Morgan fingerprint density at radius 1 is 1.35 bits per heavy atom. The van der Waals surface area contributed by atoms with E-state index in [0.29, 0.717) is 57.4 Å². The second-order valence-corrected chi connectivity index (χ2v) is 7.38. The van der Waals surface area contributed by atoms with Crippen molar-refractivity contribution >= 4 is 45.8 Å². The van der Waals surface area contributed by atoms with Crippen molar-refractivity contribution in [1.29, 1.82) is 0 Å². The first-order valence-corrected chi connectivity index (χ1v) is 10.1. The van der Waals surface area contributed by atoms with Gasteiger partial charge in [0.05, 0.1) is 17.5 Å². The smallest absolute Gasteiger partial charge is 0.317 e. The first-order valence-electron chi connectivity index (χ1n) is 9.31. The number of thiazole rings is 1. The fraction of sp³-hybridized carbons (Fsp3) is 0.300.